The van der Waals surface area contributed by atoms with E-state index in [1.165, 1.54) is 11.8 Å². The number of thioether (sulfide) groups is 1. The first-order chi connectivity index (χ1) is 8.18. The molecule has 7 heteroatoms. The maximum atomic E-state index is 10.5. The summed E-state index contributed by atoms with van der Waals surface area (Å²) < 4.78 is 7.51. The van der Waals surface area contributed by atoms with Gasteiger partial charge in [0.1, 0.15) is 6.33 Å². The molecule has 0 aliphatic carbocycles. The van der Waals surface area contributed by atoms with Gasteiger partial charge in [-0.05, 0) is 19.8 Å². The molecule has 1 aromatic heterocycles. The van der Waals surface area contributed by atoms with Gasteiger partial charge in [0.2, 0.25) is 0 Å². The molecule has 0 spiro atoms. The van der Waals surface area contributed by atoms with Gasteiger partial charge in [-0.25, -0.2) is 0 Å². The van der Waals surface area contributed by atoms with Gasteiger partial charge in [-0.3, -0.25) is 4.79 Å². The number of rotatable bonds is 5. The van der Waals surface area contributed by atoms with Gasteiger partial charge in [0.05, 0.1) is 17.9 Å². The second-order valence-corrected chi connectivity index (χ2v) is 4.94. The average molecular weight is 257 g/mol. The van der Waals surface area contributed by atoms with Crippen LogP contribution in [0.3, 0.4) is 0 Å². The highest BCUT2D eigenvalue weighted by molar-refractivity contribution is 7.99. The lowest BCUT2D eigenvalue weighted by atomic mass is 10.1. The Morgan fingerprint density at radius 3 is 3.29 bits per heavy atom. The Labute approximate surface area is 103 Å². The molecule has 0 bridgehead atoms. The summed E-state index contributed by atoms with van der Waals surface area (Å²) in [6, 6.07) is 0.142. The van der Waals surface area contributed by atoms with Crippen molar-refractivity contribution in [2.45, 2.75) is 37.1 Å². The van der Waals surface area contributed by atoms with Crippen LogP contribution in [-0.2, 0) is 9.53 Å². The molecule has 2 heterocycles. The van der Waals surface area contributed by atoms with Gasteiger partial charge in [-0.2, -0.15) is 0 Å². The summed E-state index contributed by atoms with van der Waals surface area (Å²) >= 11 is 1.18. The minimum absolute atomic E-state index is 0.00304. The third-order valence-corrected chi connectivity index (χ3v) is 3.75. The second-order valence-electron chi connectivity index (χ2n) is 4.00. The van der Waals surface area contributed by atoms with Gasteiger partial charge in [0.15, 0.2) is 5.16 Å². The van der Waals surface area contributed by atoms with Crippen molar-refractivity contribution in [3.63, 3.8) is 0 Å². The van der Waals surface area contributed by atoms with Gasteiger partial charge in [0, 0.05) is 6.61 Å². The zero-order chi connectivity index (χ0) is 12.3. The molecule has 1 fully saturated rings. The number of ether oxygens (including phenoxy) is 1. The number of nitrogens with zero attached hydrogens (tertiary/aromatic N) is 3. The van der Waals surface area contributed by atoms with Crippen molar-refractivity contribution in [2.24, 2.45) is 0 Å². The minimum atomic E-state index is -0.852. The largest absolute Gasteiger partial charge is 0.481 e. The van der Waals surface area contributed by atoms with E-state index < -0.39 is 5.97 Å². The van der Waals surface area contributed by atoms with Crippen LogP contribution in [0.4, 0.5) is 0 Å². The fourth-order valence-corrected chi connectivity index (χ4v) is 2.62. The van der Waals surface area contributed by atoms with E-state index in [0.717, 1.165) is 19.4 Å². The molecule has 2 atom stereocenters. The second kappa shape index (κ2) is 5.50. The maximum absolute atomic E-state index is 10.5. The molecule has 1 N–H and O–H groups in total. The molecular weight excluding hydrogens is 242 g/mol. The van der Waals surface area contributed by atoms with E-state index in [0.29, 0.717) is 5.16 Å². The summed E-state index contributed by atoms with van der Waals surface area (Å²) in [4.78, 5) is 10.5. The van der Waals surface area contributed by atoms with Gasteiger partial charge in [-0.1, -0.05) is 11.8 Å². The SMILES string of the molecule is CC(C1CCCO1)n1cnnc1SCC(=O)O. The standard InChI is InChI=1S/C10H15N3O3S/c1-7(8-3-2-4-16-8)13-6-11-12-10(13)17-5-9(14)15/h6-8H,2-5H2,1H3,(H,14,15). The summed E-state index contributed by atoms with van der Waals surface area (Å²) in [7, 11) is 0. The third kappa shape index (κ3) is 2.98. The molecule has 17 heavy (non-hydrogen) atoms. The van der Waals surface area contributed by atoms with Crippen LogP contribution in [0.15, 0.2) is 11.5 Å². The Hall–Kier alpha value is -1.08. The average Bonchev–Trinajstić information content (AvgIpc) is 2.96. The topological polar surface area (TPSA) is 77.2 Å². The predicted molar refractivity (Wildman–Crippen MR) is 62.1 cm³/mol. The number of hydrogen-bond donors (Lipinski definition) is 1. The molecule has 1 aliphatic rings. The van der Waals surface area contributed by atoms with Crippen molar-refractivity contribution in [2.75, 3.05) is 12.4 Å². The van der Waals surface area contributed by atoms with Crippen LogP contribution >= 0.6 is 11.8 Å². The van der Waals surface area contributed by atoms with Crippen LogP contribution in [0.5, 0.6) is 0 Å². The van der Waals surface area contributed by atoms with Crippen molar-refractivity contribution >= 4 is 17.7 Å². The van der Waals surface area contributed by atoms with E-state index in [-0.39, 0.29) is 17.9 Å². The number of aromatic nitrogens is 3. The first kappa shape index (κ1) is 12.4. The van der Waals surface area contributed by atoms with Gasteiger partial charge >= 0.3 is 5.97 Å². The van der Waals surface area contributed by atoms with E-state index in [2.05, 4.69) is 10.2 Å². The first-order valence-corrected chi connectivity index (χ1v) is 6.52. The predicted octanol–water partition coefficient (Wildman–Crippen LogP) is 1.19. The molecule has 0 aromatic carbocycles. The summed E-state index contributed by atoms with van der Waals surface area (Å²) in [5, 5.41) is 17.1. The molecule has 1 aromatic rings. The molecule has 0 amide bonds. The van der Waals surface area contributed by atoms with Crippen LogP contribution in [0.2, 0.25) is 0 Å². The summed E-state index contributed by atoms with van der Waals surface area (Å²) in [6.07, 6.45) is 3.92. The highest BCUT2D eigenvalue weighted by Crippen LogP contribution is 2.27. The number of carboxylic acid groups (broad SMARTS) is 1. The fraction of sp³-hybridized carbons (Fsp3) is 0.700. The quantitative estimate of drug-likeness (QED) is 0.798. The molecule has 0 radical (unpaired) electrons. The third-order valence-electron chi connectivity index (χ3n) is 2.81. The van der Waals surface area contributed by atoms with Crippen LogP contribution < -0.4 is 0 Å². The Balaban J connectivity index is 2.04. The molecule has 0 saturated carbocycles. The lowest BCUT2D eigenvalue weighted by molar-refractivity contribution is -0.133. The van der Waals surface area contributed by atoms with E-state index >= 15 is 0 Å². The van der Waals surface area contributed by atoms with Crippen molar-refractivity contribution in [3.8, 4) is 0 Å². The van der Waals surface area contributed by atoms with E-state index in [1.807, 2.05) is 11.5 Å². The maximum Gasteiger partial charge on any atom is 0.313 e. The summed E-state index contributed by atoms with van der Waals surface area (Å²) in [6.45, 7) is 2.85. The van der Waals surface area contributed by atoms with Crippen molar-refractivity contribution in [1.82, 2.24) is 14.8 Å². The molecule has 6 nitrogen and oxygen atoms in total. The van der Waals surface area contributed by atoms with Gasteiger partial charge in [0.25, 0.3) is 0 Å². The zero-order valence-electron chi connectivity index (χ0n) is 9.57. The monoisotopic (exact) mass is 257 g/mol. The van der Waals surface area contributed by atoms with E-state index in [1.54, 1.807) is 6.33 Å². The number of carboxylic acids is 1. The highest BCUT2D eigenvalue weighted by atomic mass is 32.2. The van der Waals surface area contributed by atoms with Crippen molar-refractivity contribution < 1.29 is 14.6 Å². The number of aliphatic carboxylic acids is 1. The van der Waals surface area contributed by atoms with Crippen LogP contribution in [0, 0.1) is 0 Å². The lowest BCUT2D eigenvalue weighted by Crippen LogP contribution is -2.21. The van der Waals surface area contributed by atoms with Gasteiger partial charge in [-0.15, -0.1) is 10.2 Å². The van der Waals surface area contributed by atoms with Crippen molar-refractivity contribution in [1.29, 1.82) is 0 Å². The minimum Gasteiger partial charge on any atom is -0.481 e. The number of carbonyl (C=O) groups is 1. The lowest BCUT2D eigenvalue weighted by Gasteiger charge is -2.20. The molecule has 1 saturated heterocycles. The molecule has 1 aliphatic heterocycles. The first-order valence-electron chi connectivity index (χ1n) is 5.54. The molecule has 94 valence electrons. The summed E-state index contributed by atoms with van der Waals surface area (Å²) in [5.74, 6) is -0.856. The molecule has 2 unspecified atom stereocenters. The highest BCUT2D eigenvalue weighted by Gasteiger charge is 2.25. The summed E-state index contributed by atoms with van der Waals surface area (Å²) in [5.41, 5.74) is 0. The van der Waals surface area contributed by atoms with Gasteiger partial charge < -0.3 is 14.4 Å². The molecular formula is C10H15N3O3S. The van der Waals surface area contributed by atoms with Crippen LogP contribution in [-0.4, -0.2) is 44.3 Å². The fourth-order valence-electron chi connectivity index (χ4n) is 1.90. The van der Waals surface area contributed by atoms with E-state index in [9.17, 15) is 4.79 Å². The Morgan fingerprint density at radius 2 is 2.65 bits per heavy atom. The normalized spacial score (nSPS) is 21.6. The Morgan fingerprint density at radius 1 is 1.82 bits per heavy atom. The van der Waals surface area contributed by atoms with Crippen molar-refractivity contribution in [3.05, 3.63) is 6.33 Å². The van der Waals surface area contributed by atoms with Crippen LogP contribution in [0.25, 0.3) is 0 Å². The molecule has 2 rings (SSSR count). The Bertz CT molecular complexity index is 390. The van der Waals surface area contributed by atoms with E-state index in [4.69, 9.17) is 9.84 Å². The van der Waals surface area contributed by atoms with Crippen LogP contribution in [0.1, 0.15) is 25.8 Å². The number of hydrogen-bond acceptors (Lipinski definition) is 5. The zero-order valence-corrected chi connectivity index (χ0v) is 10.4. The smallest absolute Gasteiger partial charge is 0.313 e. The Kier molecular flexibility index (Phi) is 4.01.